The number of piperidine rings is 1. The number of hydrogen-bond acceptors (Lipinski definition) is 3. The lowest BCUT2D eigenvalue weighted by atomic mass is 9.86. The van der Waals surface area contributed by atoms with Gasteiger partial charge < -0.3 is 9.80 Å². The summed E-state index contributed by atoms with van der Waals surface area (Å²) in [5.41, 5.74) is 3.31. The Morgan fingerprint density at radius 1 is 1.03 bits per heavy atom. The summed E-state index contributed by atoms with van der Waals surface area (Å²) in [5.74, 6) is 1.43. The average Bonchev–Trinajstić information content (AvgIpc) is 2.73. The number of rotatable bonds is 3. The molecular formula is C23H24Cl2N2OS. The zero-order valence-corrected chi connectivity index (χ0v) is 18.7. The van der Waals surface area contributed by atoms with Crippen molar-refractivity contribution in [2.75, 3.05) is 37.3 Å². The van der Waals surface area contributed by atoms with E-state index < -0.39 is 0 Å². The van der Waals surface area contributed by atoms with Gasteiger partial charge in [0.25, 0.3) is 5.91 Å². The average molecular weight is 447 g/mol. The summed E-state index contributed by atoms with van der Waals surface area (Å²) >= 11 is 13.8. The number of carbonyl (C=O) groups is 1. The molecule has 152 valence electrons. The number of anilines is 1. The molecule has 3 nitrogen and oxygen atoms in total. The number of likely N-dealkylation sites (tertiary alicyclic amines) is 1. The number of benzene rings is 2. The van der Waals surface area contributed by atoms with Crippen molar-refractivity contribution in [3.63, 3.8) is 0 Å². The largest absolute Gasteiger partial charge is 0.307 e. The molecule has 2 fully saturated rings. The van der Waals surface area contributed by atoms with Crippen LogP contribution in [0.15, 0.2) is 47.4 Å². The number of thioether (sulfide) groups is 1. The Bertz CT molecular complexity index is 938. The molecule has 2 aliphatic heterocycles. The van der Waals surface area contributed by atoms with Crippen molar-refractivity contribution in [2.24, 2.45) is 0 Å². The van der Waals surface area contributed by atoms with E-state index in [1.165, 1.54) is 5.56 Å². The maximum absolute atomic E-state index is 13.2. The monoisotopic (exact) mass is 446 g/mol. The van der Waals surface area contributed by atoms with Crippen LogP contribution in [0.2, 0.25) is 10.0 Å². The molecule has 2 saturated heterocycles. The molecule has 0 N–H and O–H groups in total. The summed E-state index contributed by atoms with van der Waals surface area (Å²) in [6.45, 7) is 2.90. The van der Waals surface area contributed by atoms with Gasteiger partial charge in [0.1, 0.15) is 0 Å². The van der Waals surface area contributed by atoms with Gasteiger partial charge in [-0.25, -0.2) is 0 Å². The quantitative estimate of drug-likeness (QED) is 0.546. The normalized spacial score (nSPS) is 20.4. The highest BCUT2D eigenvalue weighted by Gasteiger charge is 2.26. The van der Waals surface area contributed by atoms with Crippen molar-refractivity contribution in [1.29, 1.82) is 0 Å². The zero-order chi connectivity index (χ0) is 20.4. The van der Waals surface area contributed by atoms with Crippen molar-refractivity contribution in [3.8, 4) is 0 Å². The van der Waals surface area contributed by atoms with Crippen molar-refractivity contribution in [1.82, 2.24) is 4.90 Å². The predicted octanol–water partition coefficient (Wildman–Crippen LogP) is 5.92. The third-order valence-corrected chi connectivity index (χ3v) is 7.41. The number of amides is 1. The summed E-state index contributed by atoms with van der Waals surface area (Å²) in [4.78, 5) is 18.2. The number of halogens is 2. The van der Waals surface area contributed by atoms with E-state index in [0.29, 0.717) is 22.5 Å². The second-order valence-electron chi connectivity index (χ2n) is 7.62. The van der Waals surface area contributed by atoms with Gasteiger partial charge in [-0.15, -0.1) is 11.8 Å². The van der Waals surface area contributed by atoms with Crippen molar-refractivity contribution in [3.05, 3.63) is 68.5 Å². The highest BCUT2D eigenvalue weighted by molar-refractivity contribution is 8.04. The van der Waals surface area contributed by atoms with Crippen molar-refractivity contribution < 1.29 is 4.79 Å². The molecule has 0 bridgehead atoms. The Morgan fingerprint density at radius 2 is 1.79 bits per heavy atom. The van der Waals surface area contributed by atoms with Gasteiger partial charge in [0.05, 0.1) is 15.0 Å². The molecule has 2 aromatic carbocycles. The second kappa shape index (κ2) is 9.13. The Balaban J connectivity index is 1.61. The van der Waals surface area contributed by atoms with Gasteiger partial charge in [-0.05, 0) is 74.3 Å². The molecule has 0 radical (unpaired) electrons. The highest BCUT2D eigenvalue weighted by atomic mass is 35.5. The fourth-order valence-electron chi connectivity index (χ4n) is 4.02. The minimum Gasteiger partial charge on any atom is -0.307 e. The van der Waals surface area contributed by atoms with E-state index in [-0.39, 0.29) is 5.91 Å². The van der Waals surface area contributed by atoms with Crippen LogP contribution in [-0.4, -0.2) is 43.2 Å². The van der Waals surface area contributed by atoms with Crippen LogP contribution in [0, 0.1) is 0 Å². The van der Waals surface area contributed by atoms with E-state index in [2.05, 4.69) is 42.3 Å². The van der Waals surface area contributed by atoms with E-state index in [1.807, 2.05) is 6.07 Å². The molecule has 0 spiro atoms. The van der Waals surface area contributed by atoms with Crippen LogP contribution in [-0.2, 0) is 4.79 Å². The number of carbonyl (C=O) groups excluding carboxylic acids is 1. The smallest absolute Gasteiger partial charge is 0.264 e. The molecular weight excluding hydrogens is 423 g/mol. The van der Waals surface area contributed by atoms with Crippen LogP contribution in [0.25, 0.3) is 6.08 Å². The van der Waals surface area contributed by atoms with Gasteiger partial charge in [-0.3, -0.25) is 4.79 Å². The summed E-state index contributed by atoms with van der Waals surface area (Å²) in [5, 5.41) is 0.963. The Kier molecular flexibility index (Phi) is 6.55. The van der Waals surface area contributed by atoms with E-state index >= 15 is 0 Å². The summed E-state index contributed by atoms with van der Waals surface area (Å²) in [7, 11) is 2.18. The van der Waals surface area contributed by atoms with E-state index in [4.69, 9.17) is 23.2 Å². The first-order valence-electron chi connectivity index (χ1n) is 9.92. The molecule has 0 aromatic heterocycles. The Hall–Kier alpha value is -1.46. The molecule has 2 aliphatic rings. The first-order chi connectivity index (χ1) is 14.0. The minimum absolute atomic E-state index is 0.0258. The van der Waals surface area contributed by atoms with E-state index in [0.717, 1.165) is 47.8 Å². The van der Waals surface area contributed by atoms with Crippen LogP contribution in [0.4, 0.5) is 5.69 Å². The fourth-order valence-corrected chi connectivity index (χ4v) is 5.25. The van der Waals surface area contributed by atoms with Crippen LogP contribution >= 0.6 is 35.0 Å². The summed E-state index contributed by atoms with van der Waals surface area (Å²) < 4.78 is 0. The van der Waals surface area contributed by atoms with Crippen LogP contribution in [0.3, 0.4) is 0 Å². The van der Waals surface area contributed by atoms with Crippen LogP contribution in [0.1, 0.15) is 29.9 Å². The third-order valence-electron chi connectivity index (χ3n) is 5.68. The molecule has 1 amide bonds. The minimum atomic E-state index is 0.0258. The lowest BCUT2D eigenvalue weighted by molar-refractivity contribution is -0.114. The standard InChI is InChI=1S/C23H24Cl2N2OS/c1-26-10-8-16(9-11-26)19-5-3-2-4-17(19)14-22-23(28)27(12-13-29-22)18-6-7-20(24)21(25)15-18/h2-7,14-16H,8-13H2,1H3/b22-14+. The summed E-state index contributed by atoms with van der Waals surface area (Å²) in [6.07, 6.45) is 4.39. The molecule has 0 aliphatic carbocycles. The molecule has 6 heteroatoms. The van der Waals surface area contributed by atoms with Gasteiger partial charge in [0.2, 0.25) is 0 Å². The molecule has 0 atom stereocenters. The van der Waals surface area contributed by atoms with Gasteiger partial charge in [-0.2, -0.15) is 0 Å². The Morgan fingerprint density at radius 3 is 2.55 bits per heavy atom. The van der Waals surface area contributed by atoms with Gasteiger partial charge >= 0.3 is 0 Å². The fraction of sp³-hybridized carbons (Fsp3) is 0.348. The first kappa shape index (κ1) is 20.8. The highest BCUT2D eigenvalue weighted by Crippen LogP contribution is 2.35. The van der Waals surface area contributed by atoms with Gasteiger partial charge in [0, 0.05) is 18.0 Å². The maximum Gasteiger partial charge on any atom is 0.264 e. The lowest BCUT2D eigenvalue weighted by Gasteiger charge is -2.31. The van der Waals surface area contributed by atoms with Gasteiger partial charge in [-0.1, -0.05) is 47.5 Å². The van der Waals surface area contributed by atoms with Crippen LogP contribution < -0.4 is 4.90 Å². The summed E-state index contributed by atoms with van der Waals surface area (Å²) in [6, 6.07) is 13.9. The molecule has 29 heavy (non-hydrogen) atoms. The second-order valence-corrected chi connectivity index (χ2v) is 9.57. The third kappa shape index (κ3) is 4.66. The van der Waals surface area contributed by atoms with Crippen molar-refractivity contribution >= 4 is 52.6 Å². The number of nitrogens with zero attached hydrogens (tertiary/aromatic N) is 2. The van der Waals surface area contributed by atoms with Gasteiger partial charge in [0.15, 0.2) is 0 Å². The molecule has 2 aromatic rings. The topological polar surface area (TPSA) is 23.6 Å². The maximum atomic E-state index is 13.2. The Labute approximate surface area is 186 Å². The van der Waals surface area contributed by atoms with E-state index in [9.17, 15) is 4.79 Å². The lowest BCUT2D eigenvalue weighted by Crippen LogP contribution is -2.37. The molecule has 0 saturated carbocycles. The van der Waals surface area contributed by atoms with E-state index in [1.54, 1.807) is 28.8 Å². The first-order valence-corrected chi connectivity index (χ1v) is 11.7. The molecule has 2 heterocycles. The van der Waals surface area contributed by atoms with Crippen molar-refractivity contribution in [2.45, 2.75) is 18.8 Å². The number of hydrogen-bond donors (Lipinski definition) is 0. The predicted molar refractivity (Wildman–Crippen MR) is 125 cm³/mol. The molecule has 4 rings (SSSR count). The molecule has 0 unspecified atom stereocenters. The zero-order valence-electron chi connectivity index (χ0n) is 16.4. The SMILES string of the molecule is CN1CCC(c2ccccc2/C=C2/SCCN(c3ccc(Cl)c(Cl)c3)C2=O)CC1. The van der Waals surface area contributed by atoms with Crippen LogP contribution in [0.5, 0.6) is 0 Å².